The summed E-state index contributed by atoms with van der Waals surface area (Å²) in [6, 6.07) is 10.6. The van der Waals surface area contributed by atoms with Crippen molar-refractivity contribution in [2.45, 2.75) is 28.3 Å². The first-order valence-corrected chi connectivity index (χ1v) is 13.3. The number of rotatable bonds is 6. The molecule has 2 aliphatic rings. The van der Waals surface area contributed by atoms with Gasteiger partial charge in [0.1, 0.15) is 10.3 Å². The number of carbonyl (C=O) groups excluding carboxylic acids is 1. The third-order valence-corrected chi connectivity index (χ3v) is 9.64. The standard InChI is InChI=1S/C24H20N4O7S2/c1-35-21-16(4-2-8-26-21)24(27-13-15(29)11-19(27)22(30)31)17-10-14(12-25)6-7-18(17)28(23(24)32)37(33,34)20-5-3-9-36-20/h2-10,15,19,29H,11,13H2,1H3,(H,30,31)/t15-,19+,24?/m1/s1. The van der Waals surface area contributed by atoms with Gasteiger partial charge in [-0.05, 0) is 41.8 Å². The molecule has 1 amide bonds. The number of anilines is 1. The van der Waals surface area contributed by atoms with Gasteiger partial charge >= 0.3 is 5.97 Å². The van der Waals surface area contributed by atoms with Crippen LogP contribution in [-0.2, 0) is 25.2 Å². The van der Waals surface area contributed by atoms with Gasteiger partial charge in [0.15, 0.2) is 5.54 Å². The van der Waals surface area contributed by atoms with E-state index in [0.29, 0.717) is 4.31 Å². The number of aromatic nitrogens is 1. The molecular weight excluding hydrogens is 520 g/mol. The fraction of sp³-hybridized carbons (Fsp3) is 0.250. The lowest BCUT2D eigenvalue weighted by atomic mass is 9.81. The second-order valence-electron chi connectivity index (χ2n) is 8.52. The minimum Gasteiger partial charge on any atom is -0.481 e. The average molecular weight is 541 g/mol. The maximum Gasteiger partial charge on any atom is 0.321 e. The highest BCUT2D eigenvalue weighted by atomic mass is 32.2. The quantitative estimate of drug-likeness (QED) is 0.469. The molecule has 4 heterocycles. The molecule has 5 rings (SSSR count). The normalized spacial score (nSPS) is 23.6. The Morgan fingerprint density at radius 2 is 2.05 bits per heavy atom. The summed E-state index contributed by atoms with van der Waals surface area (Å²) in [5.41, 5.74) is -1.84. The summed E-state index contributed by atoms with van der Waals surface area (Å²) in [4.78, 5) is 32.4. The fourth-order valence-corrected chi connectivity index (χ4v) is 7.65. The van der Waals surface area contributed by atoms with Crippen molar-refractivity contribution >= 4 is 38.9 Å². The first-order chi connectivity index (χ1) is 17.7. The smallest absolute Gasteiger partial charge is 0.321 e. The number of carboxylic acids is 1. The number of β-amino-alcohol motifs (C(OH)–C–C–N with tert-alkyl or cyclic N) is 1. The summed E-state index contributed by atoms with van der Waals surface area (Å²) in [7, 11) is -3.12. The molecule has 2 aromatic heterocycles. The first kappa shape index (κ1) is 24.8. The van der Waals surface area contributed by atoms with Crippen LogP contribution in [0.2, 0.25) is 0 Å². The fourth-order valence-electron chi connectivity index (χ4n) is 5.12. The van der Waals surface area contributed by atoms with E-state index in [-0.39, 0.29) is 45.4 Å². The number of methoxy groups -OCH3 is 1. The predicted octanol–water partition coefficient (Wildman–Crippen LogP) is 1.52. The van der Waals surface area contributed by atoms with E-state index in [1.54, 1.807) is 5.38 Å². The van der Waals surface area contributed by atoms with Crippen LogP contribution in [0.25, 0.3) is 0 Å². The molecule has 0 saturated carbocycles. The molecule has 3 atom stereocenters. The van der Waals surface area contributed by atoms with Gasteiger partial charge < -0.3 is 14.9 Å². The number of thiophene rings is 1. The van der Waals surface area contributed by atoms with Crippen LogP contribution in [-0.4, -0.2) is 66.2 Å². The molecule has 2 N–H and O–H groups in total. The van der Waals surface area contributed by atoms with Crippen molar-refractivity contribution in [3.63, 3.8) is 0 Å². The minimum atomic E-state index is -4.44. The zero-order valence-corrected chi connectivity index (χ0v) is 20.9. The van der Waals surface area contributed by atoms with Gasteiger partial charge in [-0.25, -0.2) is 4.98 Å². The van der Waals surface area contributed by atoms with E-state index in [0.717, 1.165) is 11.3 Å². The molecule has 1 unspecified atom stereocenters. The van der Waals surface area contributed by atoms with Crippen molar-refractivity contribution in [3.8, 4) is 11.9 Å². The predicted molar refractivity (Wildman–Crippen MR) is 130 cm³/mol. The summed E-state index contributed by atoms with van der Waals surface area (Å²) in [6.07, 6.45) is 0.104. The summed E-state index contributed by atoms with van der Waals surface area (Å²) in [5.74, 6) is -2.33. The molecule has 0 bridgehead atoms. The number of carbonyl (C=O) groups is 2. The molecule has 1 saturated heterocycles. The van der Waals surface area contributed by atoms with E-state index < -0.39 is 39.6 Å². The lowest BCUT2D eigenvalue weighted by Gasteiger charge is -2.40. The van der Waals surface area contributed by atoms with Crippen molar-refractivity contribution in [3.05, 3.63) is 70.7 Å². The number of carboxylic acid groups (broad SMARTS) is 1. The molecule has 2 aliphatic heterocycles. The van der Waals surface area contributed by atoms with Crippen LogP contribution in [0.4, 0.5) is 5.69 Å². The number of hydrogen-bond acceptors (Lipinski definition) is 10. The minimum absolute atomic E-state index is 0.0335. The Hall–Kier alpha value is -3.83. The zero-order valence-electron chi connectivity index (χ0n) is 19.3. The molecule has 190 valence electrons. The monoisotopic (exact) mass is 540 g/mol. The van der Waals surface area contributed by atoms with Crippen LogP contribution in [0, 0.1) is 11.3 Å². The number of nitrogens with zero attached hydrogens (tertiary/aromatic N) is 4. The van der Waals surface area contributed by atoms with Gasteiger partial charge in [0.05, 0.1) is 30.5 Å². The van der Waals surface area contributed by atoms with E-state index in [1.807, 2.05) is 6.07 Å². The number of likely N-dealkylation sites (tertiary alicyclic amines) is 1. The van der Waals surface area contributed by atoms with Gasteiger partial charge in [-0.3, -0.25) is 14.5 Å². The largest absolute Gasteiger partial charge is 0.481 e. The lowest BCUT2D eigenvalue weighted by Crippen LogP contribution is -2.58. The van der Waals surface area contributed by atoms with Crippen LogP contribution < -0.4 is 9.04 Å². The molecule has 0 aliphatic carbocycles. The molecule has 11 nitrogen and oxygen atoms in total. The van der Waals surface area contributed by atoms with Crippen molar-refractivity contribution in [1.82, 2.24) is 9.88 Å². The number of fused-ring (bicyclic) bond motifs is 1. The van der Waals surface area contributed by atoms with Crippen LogP contribution in [0.1, 0.15) is 23.1 Å². The van der Waals surface area contributed by atoms with Gasteiger partial charge in [-0.15, -0.1) is 11.3 Å². The van der Waals surface area contributed by atoms with Gasteiger partial charge in [0.2, 0.25) is 5.88 Å². The Kier molecular flexibility index (Phi) is 5.99. The summed E-state index contributed by atoms with van der Waals surface area (Å²) in [6.45, 7) is -0.260. The van der Waals surface area contributed by atoms with Crippen molar-refractivity contribution in [1.29, 1.82) is 5.26 Å². The zero-order chi connectivity index (χ0) is 26.5. The molecule has 0 radical (unpaired) electrons. The Morgan fingerprint density at radius 3 is 2.70 bits per heavy atom. The van der Waals surface area contributed by atoms with Crippen molar-refractivity contribution in [2.75, 3.05) is 18.0 Å². The number of amides is 1. The number of nitriles is 1. The molecular formula is C24H20N4O7S2. The SMILES string of the molecule is COc1ncccc1C1(N2C[C@H](O)C[C@H]2C(=O)O)C(=O)N(S(=O)(=O)c2cccs2)c2ccc(C#N)cc21. The third-order valence-electron chi connectivity index (χ3n) is 6.57. The Morgan fingerprint density at radius 1 is 1.27 bits per heavy atom. The van der Waals surface area contributed by atoms with Gasteiger partial charge in [-0.2, -0.15) is 18.0 Å². The van der Waals surface area contributed by atoms with E-state index in [1.165, 1.54) is 60.7 Å². The first-order valence-electron chi connectivity index (χ1n) is 11.0. The number of pyridine rings is 1. The van der Waals surface area contributed by atoms with Crippen LogP contribution in [0.3, 0.4) is 0 Å². The number of aliphatic hydroxyl groups excluding tert-OH is 1. The maximum absolute atomic E-state index is 14.6. The van der Waals surface area contributed by atoms with E-state index in [2.05, 4.69) is 4.98 Å². The Balaban J connectivity index is 1.91. The van der Waals surface area contributed by atoms with Crippen LogP contribution in [0.5, 0.6) is 5.88 Å². The molecule has 1 fully saturated rings. The topological polar surface area (TPSA) is 161 Å². The molecule has 3 aromatic rings. The van der Waals surface area contributed by atoms with E-state index in [9.17, 15) is 33.5 Å². The summed E-state index contributed by atoms with van der Waals surface area (Å²) >= 11 is 0.924. The second-order valence-corrected chi connectivity index (χ2v) is 11.5. The van der Waals surface area contributed by atoms with Crippen LogP contribution in [0.15, 0.2) is 58.3 Å². The van der Waals surface area contributed by atoms with Crippen LogP contribution >= 0.6 is 11.3 Å². The number of aliphatic hydroxyl groups is 1. The number of benzene rings is 1. The molecule has 37 heavy (non-hydrogen) atoms. The van der Waals surface area contributed by atoms with Gasteiger partial charge in [-0.1, -0.05) is 6.07 Å². The highest BCUT2D eigenvalue weighted by molar-refractivity contribution is 7.95. The Bertz CT molecular complexity index is 1550. The third kappa shape index (κ3) is 3.52. The van der Waals surface area contributed by atoms with Gasteiger partial charge in [0, 0.05) is 30.3 Å². The number of sulfonamides is 1. The number of aliphatic carboxylic acids is 1. The summed E-state index contributed by atoms with van der Waals surface area (Å²) < 4.78 is 33.6. The number of hydrogen-bond donors (Lipinski definition) is 2. The molecule has 0 spiro atoms. The molecule has 1 aromatic carbocycles. The average Bonchev–Trinajstić information content (AvgIpc) is 3.61. The maximum atomic E-state index is 14.6. The van der Waals surface area contributed by atoms with E-state index in [4.69, 9.17) is 4.74 Å². The Labute approximate surface area is 215 Å². The molecule has 13 heteroatoms. The lowest BCUT2D eigenvalue weighted by molar-refractivity contribution is -0.145. The van der Waals surface area contributed by atoms with Gasteiger partial charge in [0.25, 0.3) is 15.9 Å². The highest BCUT2D eigenvalue weighted by Crippen LogP contribution is 2.54. The van der Waals surface area contributed by atoms with Crippen molar-refractivity contribution < 1.29 is 33.0 Å². The summed E-state index contributed by atoms with van der Waals surface area (Å²) in [5, 5.41) is 31.8. The van der Waals surface area contributed by atoms with E-state index >= 15 is 0 Å². The van der Waals surface area contributed by atoms with Crippen molar-refractivity contribution in [2.24, 2.45) is 0 Å². The number of ether oxygens (including phenoxy) is 1. The highest BCUT2D eigenvalue weighted by Gasteiger charge is 2.64. The second kappa shape index (κ2) is 8.93.